The summed E-state index contributed by atoms with van der Waals surface area (Å²) in [6.45, 7) is 2.11. The summed E-state index contributed by atoms with van der Waals surface area (Å²) in [5, 5.41) is 7.85. The molecule has 0 aliphatic carbocycles. The molecule has 2 nitrogen and oxygen atoms in total. The van der Waals surface area contributed by atoms with Crippen molar-refractivity contribution in [3.63, 3.8) is 0 Å². The van der Waals surface area contributed by atoms with Crippen molar-refractivity contribution in [1.29, 1.82) is 0 Å². The number of carboxylic acids is 1. The summed E-state index contributed by atoms with van der Waals surface area (Å²) in [6.07, 6.45) is 0. The molecule has 12 heteroatoms. The summed E-state index contributed by atoms with van der Waals surface area (Å²) in [6, 6.07) is 38.5. The third-order valence-corrected chi connectivity index (χ3v) is 8.27. The average Bonchev–Trinajstić information content (AvgIpc) is 2.86. The third-order valence-electron chi connectivity index (χ3n) is 4.16. The van der Waals surface area contributed by atoms with Crippen LogP contribution in [0, 0.1) is 17.6 Å². The van der Waals surface area contributed by atoms with E-state index in [-0.39, 0.29) is 21.2 Å². The van der Waals surface area contributed by atoms with Gasteiger partial charge in [-0.2, -0.15) is 0 Å². The van der Waals surface area contributed by atoms with Gasteiger partial charge >= 0.3 is 34.4 Å². The minimum absolute atomic E-state index is 0.0287. The van der Waals surface area contributed by atoms with Crippen molar-refractivity contribution in [3.8, 4) is 11.1 Å². The third kappa shape index (κ3) is 17.7. The minimum Gasteiger partial charge on any atom is -0.478 e. The molecule has 0 amide bonds. The maximum absolute atomic E-state index is 9.75. The zero-order chi connectivity index (χ0) is 29.5. The molecular weight excluding hydrogens is 803 g/mol. The fraction of sp³-hybridized carbons (Fsp3) is 0.0741. The number of aryl methyl sites for hydroxylation is 1. The Bertz CT molecular complexity index is 1220. The SMILES string of the molecule is Cc1ccc(-c2ccccc2I)cc1.F[B-](F)(F)F.O=C(O)C(Cl)(Cl)Cl.c1ccc([I+]c2ccccc2)cc1. The van der Waals surface area contributed by atoms with E-state index in [2.05, 4.69) is 139 Å². The Morgan fingerprint density at radius 1 is 0.744 bits per heavy atom. The smallest absolute Gasteiger partial charge is 0.478 e. The topological polar surface area (TPSA) is 37.3 Å². The number of rotatable bonds is 3. The van der Waals surface area contributed by atoms with Gasteiger partial charge in [-0.15, -0.1) is 0 Å². The summed E-state index contributed by atoms with van der Waals surface area (Å²) >= 11 is 16.8. The first-order chi connectivity index (χ1) is 18.2. The number of carboxylic acid groups (broad SMARTS) is 1. The number of benzene rings is 4. The van der Waals surface area contributed by atoms with Crippen molar-refractivity contribution >= 4 is 70.6 Å². The molecule has 4 rings (SSSR count). The lowest BCUT2D eigenvalue weighted by atomic mass is 10.0. The lowest BCUT2D eigenvalue weighted by Gasteiger charge is -2.04. The first-order valence-corrected chi connectivity index (χ1v) is 15.3. The van der Waals surface area contributed by atoms with Gasteiger partial charge in [0, 0.05) is 3.57 Å². The van der Waals surface area contributed by atoms with Crippen LogP contribution in [0.1, 0.15) is 5.56 Å². The van der Waals surface area contributed by atoms with Crippen LogP contribution < -0.4 is 21.2 Å². The summed E-state index contributed by atoms with van der Waals surface area (Å²) in [4.78, 5) is 9.62. The Hall–Kier alpha value is -1.54. The Morgan fingerprint density at radius 3 is 1.46 bits per heavy atom. The molecule has 0 saturated carbocycles. The number of alkyl halides is 3. The van der Waals surface area contributed by atoms with Gasteiger partial charge in [0.25, 0.3) is 3.79 Å². The molecule has 0 saturated heterocycles. The molecule has 0 radical (unpaired) electrons. The number of halogens is 9. The van der Waals surface area contributed by atoms with Crippen molar-refractivity contribution in [2.24, 2.45) is 0 Å². The Labute approximate surface area is 264 Å². The highest BCUT2D eigenvalue weighted by molar-refractivity contribution is 14.1. The monoisotopic (exact) mass is 824 g/mol. The van der Waals surface area contributed by atoms with E-state index in [0.29, 0.717) is 0 Å². The molecule has 0 aromatic heterocycles. The van der Waals surface area contributed by atoms with Gasteiger partial charge in [0.1, 0.15) is 0 Å². The van der Waals surface area contributed by atoms with Crippen LogP contribution in [-0.4, -0.2) is 22.1 Å². The molecule has 4 aromatic carbocycles. The molecule has 0 aliphatic rings. The van der Waals surface area contributed by atoms with Crippen LogP contribution in [0.2, 0.25) is 0 Å². The van der Waals surface area contributed by atoms with Crippen LogP contribution in [0.25, 0.3) is 11.1 Å². The Balaban J connectivity index is 0.000000282. The Morgan fingerprint density at radius 2 is 1.10 bits per heavy atom. The highest BCUT2D eigenvalue weighted by atomic mass is 127. The fourth-order valence-electron chi connectivity index (χ4n) is 2.51. The van der Waals surface area contributed by atoms with Gasteiger partial charge in [-0.3, -0.25) is 0 Å². The molecule has 39 heavy (non-hydrogen) atoms. The summed E-state index contributed by atoms with van der Waals surface area (Å²) < 4.78 is 41.1. The van der Waals surface area contributed by atoms with E-state index in [1.807, 2.05) is 0 Å². The maximum Gasteiger partial charge on any atom is 0.673 e. The standard InChI is InChI=1S/C13H11I.C12H10I.C2HCl3O2.BF4/c1-10-6-8-11(9-7-10)12-4-2-3-5-13(12)14;1-3-7-11(8-4-1)13-12-9-5-2-6-10-12;3-2(4,5)1(6)7;2-1(3,4)5/h2-9H,1H3;1-10H;(H,6,7);/q;+1;;-1. The van der Waals surface area contributed by atoms with Gasteiger partial charge in [-0.05, 0) is 71.0 Å². The number of aliphatic carboxylic acids is 1. The second kappa shape index (κ2) is 18.0. The highest BCUT2D eigenvalue weighted by Crippen LogP contribution is 2.25. The molecule has 4 aromatic rings. The second-order valence-electron chi connectivity index (χ2n) is 7.33. The molecule has 0 bridgehead atoms. The van der Waals surface area contributed by atoms with Gasteiger partial charge in [-0.25, -0.2) is 4.79 Å². The van der Waals surface area contributed by atoms with E-state index in [0.717, 1.165) is 0 Å². The van der Waals surface area contributed by atoms with E-state index in [1.54, 1.807) is 0 Å². The molecular formula is C27H22BCl3F4I2O2. The summed E-state index contributed by atoms with van der Waals surface area (Å²) in [5.41, 5.74) is 3.91. The van der Waals surface area contributed by atoms with Crippen molar-refractivity contribution < 1.29 is 48.4 Å². The molecule has 0 spiro atoms. The van der Waals surface area contributed by atoms with Gasteiger partial charge in [0.05, 0.1) is 0 Å². The van der Waals surface area contributed by atoms with Crippen LogP contribution in [-0.2, 0) is 4.79 Å². The largest absolute Gasteiger partial charge is 0.673 e. The minimum atomic E-state index is -6.00. The van der Waals surface area contributed by atoms with E-state index in [9.17, 15) is 22.1 Å². The van der Waals surface area contributed by atoms with Crippen molar-refractivity contribution in [2.75, 3.05) is 0 Å². The molecule has 208 valence electrons. The maximum atomic E-state index is 9.75. The molecule has 0 heterocycles. The van der Waals surface area contributed by atoms with E-state index < -0.39 is 17.0 Å². The summed E-state index contributed by atoms with van der Waals surface area (Å²) in [7, 11) is -6.00. The van der Waals surface area contributed by atoms with Crippen LogP contribution >= 0.6 is 57.4 Å². The van der Waals surface area contributed by atoms with Gasteiger partial charge in [-0.1, -0.05) is 119 Å². The highest BCUT2D eigenvalue weighted by Gasteiger charge is 2.29. The number of hydrogen-bond donors (Lipinski definition) is 1. The molecule has 0 atom stereocenters. The van der Waals surface area contributed by atoms with Gasteiger partial charge in [0.15, 0.2) is 7.14 Å². The summed E-state index contributed by atoms with van der Waals surface area (Å²) in [5.74, 6) is -1.46. The fourth-order valence-corrected chi connectivity index (χ4v) is 5.48. The van der Waals surface area contributed by atoms with Crippen LogP contribution in [0.3, 0.4) is 0 Å². The first-order valence-electron chi connectivity index (χ1n) is 10.9. The normalized spacial score (nSPS) is 10.5. The van der Waals surface area contributed by atoms with E-state index in [4.69, 9.17) is 39.9 Å². The predicted octanol–water partition coefficient (Wildman–Crippen LogP) is 6.82. The van der Waals surface area contributed by atoms with Crippen molar-refractivity contribution in [3.05, 3.63) is 125 Å². The zero-order valence-corrected chi connectivity index (χ0v) is 26.8. The molecule has 0 aliphatic heterocycles. The lowest BCUT2D eigenvalue weighted by Crippen LogP contribution is -3.61. The second-order valence-corrected chi connectivity index (χ2v) is 13.8. The number of carbonyl (C=O) groups is 1. The Kier molecular flexibility index (Phi) is 16.4. The average molecular weight is 825 g/mol. The van der Waals surface area contributed by atoms with Crippen LogP contribution in [0.4, 0.5) is 17.3 Å². The van der Waals surface area contributed by atoms with Gasteiger partial charge in [0.2, 0.25) is 0 Å². The molecule has 0 unspecified atom stereocenters. The van der Waals surface area contributed by atoms with Gasteiger partial charge < -0.3 is 22.4 Å². The van der Waals surface area contributed by atoms with Crippen LogP contribution in [0.15, 0.2) is 109 Å². The predicted molar refractivity (Wildman–Crippen MR) is 158 cm³/mol. The van der Waals surface area contributed by atoms with E-state index >= 15 is 0 Å². The van der Waals surface area contributed by atoms with Crippen molar-refractivity contribution in [2.45, 2.75) is 10.7 Å². The zero-order valence-electron chi connectivity index (χ0n) is 20.2. The quantitative estimate of drug-likeness (QED) is 0.107. The molecule has 0 fully saturated rings. The molecule has 1 N–H and O–H groups in total. The van der Waals surface area contributed by atoms with Crippen molar-refractivity contribution in [1.82, 2.24) is 0 Å². The number of hydrogen-bond acceptors (Lipinski definition) is 1. The van der Waals surface area contributed by atoms with E-state index in [1.165, 1.54) is 27.4 Å². The van der Waals surface area contributed by atoms with Crippen LogP contribution in [0.5, 0.6) is 0 Å². The lowest BCUT2D eigenvalue weighted by molar-refractivity contribution is -0.597. The first kappa shape index (κ1) is 35.5.